The molecule has 0 saturated heterocycles. The van der Waals surface area contributed by atoms with Gasteiger partial charge in [-0.2, -0.15) is 4.99 Å². The molecular weight excluding hydrogens is 170 g/mol. The van der Waals surface area contributed by atoms with Crippen LogP contribution < -0.4 is 0 Å². The zero-order valence-electron chi connectivity index (χ0n) is 8.24. The van der Waals surface area contributed by atoms with E-state index >= 15 is 0 Å². The normalized spacial score (nSPS) is 14.1. The lowest BCUT2D eigenvalue weighted by molar-refractivity contribution is -0.145. The number of ether oxygens (including phenoxy) is 1. The van der Waals surface area contributed by atoms with Crippen LogP contribution in [0.15, 0.2) is 4.99 Å². The molecule has 0 saturated carbocycles. The van der Waals surface area contributed by atoms with E-state index in [1.54, 1.807) is 6.92 Å². The van der Waals surface area contributed by atoms with Crippen LogP contribution in [0, 0.1) is 5.92 Å². The van der Waals surface area contributed by atoms with Gasteiger partial charge in [-0.05, 0) is 12.8 Å². The highest BCUT2D eigenvalue weighted by Crippen LogP contribution is 2.12. The number of aliphatic imine (C=N–C) groups is 1. The van der Waals surface area contributed by atoms with Crippen LogP contribution in [0.25, 0.3) is 0 Å². The molecule has 13 heavy (non-hydrogen) atoms. The van der Waals surface area contributed by atoms with Crippen molar-refractivity contribution in [3.63, 3.8) is 0 Å². The fraction of sp³-hybridized carbons (Fsp3) is 0.778. The van der Waals surface area contributed by atoms with Crippen molar-refractivity contribution in [2.45, 2.75) is 33.2 Å². The van der Waals surface area contributed by atoms with Gasteiger partial charge in [0.15, 0.2) is 6.04 Å². The van der Waals surface area contributed by atoms with Gasteiger partial charge in [0, 0.05) is 0 Å². The molecule has 0 N–H and O–H groups in total. The largest absolute Gasteiger partial charge is 0.464 e. The Balaban J connectivity index is 4.40. The van der Waals surface area contributed by atoms with Crippen LogP contribution in [0.2, 0.25) is 0 Å². The predicted molar refractivity (Wildman–Crippen MR) is 48.0 cm³/mol. The summed E-state index contributed by atoms with van der Waals surface area (Å²) in [6.07, 6.45) is 2.17. The van der Waals surface area contributed by atoms with Crippen molar-refractivity contribution in [3.8, 4) is 0 Å². The van der Waals surface area contributed by atoms with E-state index in [2.05, 4.69) is 4.99 Å². The summed E-state index contributed by atoms with van der Waals surface area (Å²) in [6, 6.07) is -0.692. The quantitative estimate of drug-likeness (QED) is 0.368. The minimum atomic E-state index is -0.692. The smallest absolute Gasteiger partial charge is 0.332 e. The molecule has 74 valence electrons. The molecular formula is C9H15NO3. The fourth-order valence-corrected chi connectivity index (χ4v) is 0.920. The van der Waals surface area contributed by atoms with E-state index in [1.165, 1.54) is 6.08 Å². The van der Waals surface area contributed by atoms with Gasteiger partial charge in [0.2, 0.25) is 6.08 Å². The molecule has 4 heteroatoms. The molecule has 0 aliphatic carbocycles. The first kappa shape index (κ1) is 11.8. The van der Waals surface area contributed by atoms with Crippen molar-refractivity contribution >= 4 is 12.0 Å². The van der Waals surface area contributed by atoms with Crippen LogP contribution in [0.1, 0.15) is 27.2 Å². The molecule has 0 aromatic rings. The zero-order chi connectivity index (χ0) is 10.3. The Morgan fingerprint density at radius 1 is 1.54 bits per heavy atom. The number of esters is 1. The standard InChI is InChI=1S/C9H15NO3/c1-4-7(3)8(10-6-11)9(12)13-5-2/h7-8H,4-5H2,1-3H3. The van der Waals surface area contributed by atoms with E-state index in [1.807, 2.05) is 13.8 Å². The summed E-state index contributed by atoms with van der Waals surface area (Å²) in [5.41, 5.74) is 0. The van der Waals surface area contributed by atoms with Crippen LogP contribution in [0.5, 0.6) is 0 Å². The first-order chi connectivity index (χ1) is 6.17. The maximum atomic E-state index is 11.2. The number of carbonyl (C=O) groups is 1. The summed E-state index contributed by atoms with van der Waals surface area (Å²) in [4.78, 5) is 24.7. The zero-order valence-corrected chi connectivity index (χ0v) is 8.24. The van der Waals surface area contributed by atoms with Crippen molar-refractivity contribution in [2.24, 2.45) is 10.9 Å². The summed E-state index contributed by atoms with van der Waals surface area (Å²) in [7, 11) is 0. The van der Waals surface area contributed by atoms with Crippen LogP contribution in [0.4, 0.5) is 0 Å². The third kappa shape index (κ3) is 3.85. The Morgan fingerprint density at radius 2 is 2.15 bits per heavy atom. The Hall–Kier alpha value is -1.15. The highest BCUT2D eigenvalue weighted by molar-refractivity contribution is 5.77. The molecule has 4 nitrogen and oxygen atoms in total. The first-order valence-electron chi connectivity index (χ1n) is 4.40. The average molecular weight is 185 g/mol. The Bertz CT molecular complexity index is 209. The second-order valence-electron chi connectivity index (χ2n) is 2.80. The molecule has 0 aliphatic rings. The molecule has 0 rings (SSSR count). The molecule has 0 bridgehead atoms. The van der Waals surface area contributed by atoms with E-state index < -0.39 is 12.0 Å². The second kappa shape index (κ2) is 6.38. The number of rotatable bonds is 5. The number of carbonyl (C=O) groups excluding carboxylic acids is 2. The molecule has 0 fully saturated rings. The van der Waals surface area contributed by atoms with E-state index in [4.69, 9.17) is 4.74 Å². The van der Waals surface area contributed by atoms with Gasteiger partial charge in [-0.15, -0.1) is 0 Å². The fourth-order valence-electron chi connectivity index (χ4n) is 0.920. The van der Waals surface area contributed by atoms with E-state index in [0.29, 0.717) is 6.61 Å². The lowest BCUT2D eigenvalue weighted by atomic mass is 10.0. The third-order valence-corrected chi connectivity index (χ3v) is 1.90. The second-order valence-corrected chi connectivity index (χ2v) is 2.80. The molecule has 0 aliphatic heterocycles. The summed E-state index contributed by atoms with van der Waals surface area (Å²) >= 11 is 0. The van der Waals surface area contributed by atoms with Gasteiger partial charge in [0.1, 0.15) is 0 Å². The van der Waals surface area contributed by atoms with Gasteiger partial charge in [-0.3, -0.25) is 0 Å². The monoisotopic (exact) mass is 185 g/mol. The van der Waals surface area contributed by atoms with Crippen LogP contribution in [-0.2, 0) is 14.3 Å². The molecule has 0 radical (unpaired) electrons. The number of nitrogens with zero attached hydrogens (tertiary/aromatic N) is 1. The Labute approximate surface area is 78.0 Å². The Kier molecular flexibility index (Phi) is 5.81. The van der Waals surface area contributed by atoms with Crippen molar-refractivity contribution in [1.82, 2.24) is 0 Å². The SMILES string of the molecule is CCOC(=O)C(N=C=O)C(C)CC. The predicted octanol–water partition coefficient (Wildman–Crippen LogP) is 1.30. The van der Waals surface area contributed by atoms with Crippen molar-refractivity contribution in [1.29, 1.82) is 0 Å². The third-order valence-electron chi connectivity index (χ3n) is 1.90. The van der Waals surface area contributed by atoms with Crippen LogP contribution in [0.3, 0.4) is 0 Å². The Morgan fingerprint density at radius 3 is 2.54 bits per heavy atom. The van der Waals surface area contributed by atoms with Gasteiger partial charge in [0.25, 0.3) is 0 Å². The number of isocyanates is 1. The van der Waals surface area contributed by atoms with Crippen molar-refractivity contribution in [3.05, 3.63) is 0 Å². The average Bonchev–Trinajstić information content (AvgIpc) is 2.13. The molecule has 0 amide bonds. The summed E-state index contributed by atoms with van der Waals surface area (Å²) in [6.45, 7) is 5.80. The molecule has 2 unspecified atom stereocenters. The van der Waals surface area contributed by atoms with Gasteiger partial charge in [-0.25, -0.2) is 9.59 Å². The maximum Gasteiger partial charge on any atom is 0.332 e. The lowest BCUT2D eigenvalue weighted by Gasteiger charge is -2.14. The number of hydrogen-bond donors (Lipinski definition) is 0. The van der Waals surface area contributed by atoms with Gasteiger partial charge in [0.05, 0.1) is 6.61 Å². The summed E-state index contributed by atoms with van der Waals surface area (Å²) in [5.74, 6) is -0.430. The minimum Gasteiger partial charge on any atom is -0.464 e. The van der Waals surface area contributed by atoms with Gasteiger partial charge in [-0.1, -0.05) is 20.3 Å². The number of hydrogen-bond acceptors (Lipinski definition) is 4. The molecule has 0 spiro atoms. The molecule has 2 atom stereocenters. The molecule has 0 heterocycles. The lowest BCUT2D eigenvalue weighted by Crippen LogP contribution is -2.27. The van der Waals surface area contributed by atoms with Crippen molar-refractivity contribution in [2.75, 3.05) is 6.61 Å². The van der Waals surface area contributed by atoms with Crippen LogP contribution >= 0.6 is 0 Å². The summed E-state index contributed by atoms with van der Waals surface area (Å²) < 4.78 is 4.77. The van der Waals surface area contributed by atoms with E-state index in [9.17, 15) is 9.59 Å². The van der Waals surface area contributed by atoms with E-state index in [0.717, 1.165) is 6.42 Å². The van der Waals surface area contributed by atoms with Gasteiger partial charge >= 0.3 is 5.97 Å². The highest BCUT2D eigenvalue weighted by atomic mass is 16.5. The van der Waals surface area contributed by atoms with Crippen molar-refractivity contribution < 1.29 is 14.3 Å². The minimum absolute atomic E-state index is 0.0144. The maximum absolute atomic E-state index is 11.2. The highest BCUT2D eigenvalue weighted by Gasteiger charge is 2.24. The van der Waals surface area contributed by atoms with Gasteiger partial charge < -0.3 is 4.74 Å². The topological polar surface area (TPSA) is 55.7 Å². The van der Waals surface area contributed by atoms with Crippen LogP contribution in [-0.4, -0.2) is 24.7 Å². The molecule has 0 aromatic carbocycles. The summed E-state index contributed by atoms with van der Waals surface area (Å²) in [5, 5.41) is 0. The van der Waals surface area contributed by atoms with E-state index in [-0.39, 0.29) is 5.92 Å². The molecule has 0 aromatic heterocycles. The first-order valence-corrected chi connectivity index (χ1v) is 4.40.